The van der Waals surface area contributed by atoms with Gasteiger partial charge in [-0.15, -0.1) is 0 Å². The summed E-state index contributed by atoms with van der Waals surface area (Å²) in [6, 6.07) is 7.99. The topological polar surface area (TPSA) is 38.3 Å². The van der Waals surface area contributed by atoms with Crippen LogP contribution in [0.4, 0.5) is 5.69 Å². The molecule has 0 radical (unpaired) electrons. The van der Waals surface area contributed by atoms with Gasteiger partial charge in [-0.25, -0.2) is 4.79 Å². The molecule has 0 spiro atoms. The smallest absolute Gasteiger partial charge is 0.339 e. The van der Waals surface area contributed by atoms with Crippen molar-refractivity contribution in [1.82, 2.24) is 0 Å². The quantitative estimate of drug-likeness (QED) is 0.831. The van der Waals surface area contributed by atoms with E-state index in [9.17, 15) is 4.79 Å². The highest BCUT2D eigenvalue weighted by atomic mass is 16.5. The van der Waals surface area contributed by atoms with E-state index in [2.05, 4.69) is 19.2 Å². The van der Waals surface area contributed by atoms with E-state index >= 15 is 0 Å². The van der Waals surface area contributed by atoms with Gasteiger partial charge < -0.3 is 10.1 Å². The van der Waals surface area contributed by atoms with Crippen LogP contribution in [-0.4, -0.2) is 19.1 Å². The molecule has 0 amide bonds. The lowest BCUT2D eigenvalue weighted by Crippen LogP contribution is -2.19. The Morgan fingerprint density at radius 2 is 2.11 bits per heavy atom. The fourth-order valence-electron chi connectivity index (χ4n) is 2.68. The Hall–Kier alpha value is -1.51. The van der Waals surface area contributed by atoms with Gasteiger partial charge in [0.25, 0.3) is 0 Å². The number of ether oxygens (including phenoxy) is 1. The number of esters is 1. The van der Waals surface area contributed by atoms with E-state index < -0.39 is 0 Å². The molecule has 1 fully saturated rings. The van der Waals surface area contributed by atoms with Gasteiger partial charge >= 0.3 is 5.97 Å². The highest BCUT2D eigenvalue weighted by molar-refractivity contribution is 5.95. The standard InChI is InChI=1S/C15H21NO2/c1-15(2)9-8-11(10-15)16-13-7-5-4-6-12(13)14(17)18-3/h4-7,11,16H,8-10H2,1-3H3. The molecular weight excluding hydrogens is 226 g/mol. The average Bonchev–Trinajstić information content (AvgIpc) is 2.68. The molecule has 1 aromatic rings. The van der Waals surface area contributed by atoms with E-state index in [4.69, 9.17) is 4.74 Å². The number of nitrogens with one attached hydrogen (secondary N) is 1. The zero-order chi connectivity index (χ0) is 13.2. The predicted octanol–water partition coefficient (Wildman–Crippen LogP) is 3.46. The number of para-hydroxylation sites is 1. The van der Waals surface area contributed by atoms with Gasteiger partial charge in [0.15, 0.2) is 0 Å². The van der Waals surface area contributed by atoms with E-state index in [0.29, 0.717) is 17.0 Å². The molecule has 1 aliphatic rings. The van der Waals surface area contributed by atoms with Crippen LogP contribution in [0.3, 0.4) is 0 Å². The zero-order valence-electron chi connectivity index (χ0n) is 11.3. The van der Waals surface area contributed by atoms with Crippen LogP contribution in [0.1, 0.15) is 43.5 Å². The summed E-state index contributed by atoms with van der Waals surface area (Å²) in [7, 11) is 1.41. The number of anilines is 1. The average molecular weight is 247 g/mol. The first-order valence-electron chi connectivity index (χ1n) is 6.46. The van der Waals surface area contributed by atoms with Gasteiger partial charge in [-0.05, 0) is 36.8 Å². The molecule has 1 saturated carbocycles. The maximum atomic E-state index is 11.7. The Labute approximate surface area is 109 Å². The van der Waals surface area contributed by atoms with Crippen molar-refractivity contribution in [2.24, 2.45) is 5.41 Å². The largest absolute Gasteiger partial charge is 0.465 e. The van der Waals surface area contributed by atoms with E-state index in [0.717, 1.165) is 18.5 Å². The lowest BCUT2D eigenvalue weighted by Gasteiger charge is -2.19. The number of benzene rings is 1. The highest BCUT2D eigenvalue weighted by Crippen LogP contribution is 2.38. The van der Waals surface area contributed by atoms with Crippen LogP contribution in [0.25, 0.3) is 0 Å². The molecule has 98 valence electrons. The SMILES string of the molecule is COC(=O)c1ccccc1NC1CCC(C)(C)C1. The van der Waals surface area contributed by atoms with Crippen molar-refractivity contribution >= 4 is 11.7 Å². The summed E-state index contributed by atoms with van der Waals surface area (Å²) >= 11 is 0. The lowest BCUT2D eigenvalue weighted by atomic mass is 9.92. The number of rotatable bonds is 3. The van der Waals surface area contributed by atoms with Crippen LogP contribution in [0.2, 0.25) is 0 Å². The van der Waals surface area contributed by atoms with Crippen molar-refractivity contribution in [1.29, 1.82) is 0 Å². The highest BCUT2D eigenvalue weighted by Gasteiger charge is 2.31. The van der Waals surface area contributed by atoms with Gasteiger partial charge in [-0.1, -0.05) is 26.0 Å². The Morgan fingerprint density at radius 3 is 2.72 bits per heavy atom. The number of carbonyl (C=O) groups excluding carboxylic acids is 1. The third-order valence-electron chi connectivity index (χ3n) is 3.66. The van der Waals surface area contributed by atoms with E-state index in [-0.39, 0.29) is 5.97 Å². The minimum Gasteiger partial charge on any atom is -0.465 e. The van der Waals surface area contributed by atoms with Gasteiger partial charge in [-0.2, -0.15) is 0 Å². The maximum absolute atomic E-state index is 11.7. The third-order valence-corrected chi connectivity index (χ3v) is 3.66. The summed E-state index contributed by atoms with van der Waals surface area (Å²) in [4.78, 5) is 11.7. The summed E-state index contributed by atoms with van der Waals surface area (Å²) in [5, 5.41) is 3.48. The summed E-state index contributed by atoms with van der Waals surface area (Å²) in [6.45, 7) is 4.59. The molecule has 1 aliphatic carbocycles. The molecule has 0 heterocycles. The lowest BCUT2D eigenvalue weighted by molar-refractivity contribution is 0.0602. The van der Waals surface area contributed by atoms with Crippen LogP contribution in [-0.2, 0) is 4.74 Å². The molecule has 3 nitrogen and oxygen atoms in total. The van der Waals surface area contributed by atoms with E-state index in [1.807, 2.05) is 18.2 Å². The van der Waals surface area contributed by atoms with Gasteiger partial charge in [0.2, 0.25) is 0 Å². The molecule has 0 aliphatic heterocycles. The minimum atomic E-state index is -0.282. The Kier molecular flexibility index (Phi) is 3.60. The van der Waals surface area contributed by atoms with Crippen LogP contribution >= 0.6 is 0 Å². The van der Waals surface area contributed by atoms with Crippen molar-refractivity contribution < 1.29 is 9.53 Å². The van der Waals surface area contributed by atoms with Crippen LogP contribution in [0.15, 0.2) is 24.3 Å². The molecule has 1 N–H and O–H groups in total. The molecule has 0 aromatic heterocycles. The zero-order valence-corrected chi connectivity index (χ0v) is 11.3. The summed E-state index contributed by atoms with van der Waals surface area (Å²) in [5.41, 5.74) is 1.90. The molecule has 0 bridgehead atoms. The summed E-state index contributed by atoms with van der Waals surface area (Å²) in [5.74, 6) is -0.282. The van der Waals surface area contributed by atoms with Gasteiger partial charge in [0.1, 0.15) is 0 Å². The van der Waals surface area contributed by atoms with E-state index in [1.165, 1.54) is 13.5 Å². The second-order valence-electron chi connectivity index (χ2n) is 5.79. The first-order valence-corrected chi connectivity index (χ1v) is 6.46. The molecule has 18 heavy (non-hydrogen) atoms. The number of hydrogen-bond acceptors (Lipinski definition) is 3. The summed E-state index contributed by atoms with van der Waals surface area (Å²) in [6.07, 6.45) is 3.52. The van der Waals surface area contributed by atoms with Crippen LogP contribution in [0.5, 0.6) is 0 Å². The number of carbonyl (C=O) groups is 1. The number of methoxy groups -OCH3 is 1. The summed E-state index contributed by atoms with van der Waals surface area (Å²) < 4.78 is 4.80. The molecule has 1 unspecified atom stereocenters. The van der Waals surface area contributed by atoms with Crippen LogP contribution in [0, 0.1) is 5.41 Å². The fraction of sp³-hybridized carbons (Fsp3) is 0.533. The molecule has 3 heteroatoms. The van der Waals surface area contributed by atoms with E-state index in [1.54, 1.807) is 6.07 Å². The Bertz CT molecular complexity index is 440. The van der Waals surface area contributed by atoms with Gasteiger partial charge in [0.05, 0.1) is 12.7 Å². The molecule has 0 saturated heterocycles. The first-order chi connectivity index (χ1) is 8.52. The van der Waals surface area contributed by atoms with Crippen molar-refractivity contribution in [3.05, 3.63) is 29.8 Å². The normalized spacial score (nSPS) is 21.6. The van der Waals surface area contributed by atoms with Crippen molar-refractivity contribution in [2.75, 3.05) is 12.4 Å². The Balaban J connectivity index is 2.12. The molecule has 1 atom stereocenters. The van der Waals surface area contributed by atoms with Gasteiger partial charge in [0, 0.05) is 11.7 Å². The van der Waals surface area contributed by atoms with Crippen molar-refractivity contribution in [3.63, 3.8) is 0 Å². The maximum Gasteiger partial charge on any atom is 0.339 e. The molecule has 2 rings (SSSR count). The molecule has 1 aromatic carbocycles. The van der Waals surface area contributed by atoms with Crippen LogP contribution < -0.4 is 5.32 Å². The Morgan fingerprint density at radius 1 is 1.39 bits per heavy atom. The minimum absolute atomic E-state index is 0.282. The number of hydrogen-bond donors (Lipinski definition) is 1. The first kappa shape index (κ1) is 12.9. The monoisotopic (exact) mass is 247 g/mol. The fourth-order valence-corrected chi connectivity index (χ4v) is 2.68. The second kappa shape index (κ2) is 5.01. The third kappa shape index (κ3) is 2.84. The predicted molar refractivity (Wildman–Crippen MR) is 72.8 cm³/mol. The van der Waals surface area contributed by atoms with Crippen molar-refractivity contribution in [2.45, 2.75) is 39.2 Å². The van der Waals surface area contributed by atoms with Gasteiger partial charge in [-0.3, -0.25) is 0 Å². The van der Waals surface area contributed by atoms with Crippen molar-refractivity contribution in [3.8, 4) is 0 Å². The second-order valence-corrected chi connectivity index (χ2v) is 5.79. The molecular formula is C15H21NO2.